The van der Waals surface area contributed by atoms with Gasteiger partial charge in [0.15, 0.2) is 0 Å². The molecule has 3 heteroatoms. The Kier molecular flexibility index (Phi) is 6.12. The lowest BCUT2D eigenvalue weighted by Gasteiger charge is -2.33. The highest BCUT2D eigenvalue weighted by Crippen LogP contribution is 2.05. The van der Waals surface area contributed by atoms with Crippen molar-refractivity contribution in [2.75, 3.05) is 82.6 Å². The average molecular weight is 246 g/mol. The second kappa shape index (κ2) is 6.17. The van der Waals surface area contributed by atoms with Crippen molar-refractivity contribution in [2.24, 2.45) is 0 Å². The summed E-state index contributed by atoms with van der Waals surface area (Å²) in [6.07, 6.45) is 2.64. The van der Waals surface area contributed by atoms with Crippen LogP contribution in [0.3, 0.4) is 0 Å². The highest BCUT2D eigenvalue weighted by atomic mass is 15.3. The first-order chi connectivity index (χ1) is 7.41. The van der Waals surface area contributed by atoms with Crippen LogP contribution in [0, 0.1) is 0 Å². The van der Waals surface area contributed by atoms with Crippen LogP contribution in [0.5, 0.6) is 0 Å². The Morgan fingerprint density at radius 3 is 1.00 bits per heavy atom. The third-order valence-corrected chi connectivity index (χ3v) is 3.18. The van der Waals surface area contributed by atoms with E-state index in [9.17, 15) is 0 Å². The van der Waals surface area contributed by atoms with Crippen LogP contribution in [-0.2, 0) is 0 Å². The molecular formula is C14H36N3+3. The van der Waals surface area contributed by atoms with E-state index in [1.807, 2.05) is 0 Å². The standard InChI is InChI=1S/C14H36N3/c1-15(2,3)11-9-13-17(7,8)14-10-12-16(4,5)6/h9-14H2,1-8H3/q+3. The molecule has 0 aliphatic rings. The summed E-state index contributed by atoms with van der Waals surface area (Å²) in [6.45, 7) is 5.15. The molecule has 0 radical (unpaired) electrons. The summed E-state index contributed by atoms with van der Waals surface area (Å²) in [4.78, 5) is 0. The molecule has 0 heterocycles. The molecule has 0 fully saturated rings. The maximum atomic E-state index is 2.37. The second-order valence-corrected chi connectivity index (χ2v) is 8.12. The highest BCUT2D eigenvalue weighted by molar-refractivity contribution is 4.40. The van der Waals surface area contributed by atoms with Crippen molar-refractivity contribution in [1.29, 1.82) is 0 Å². The second-order valence-electron chi connectivity index (χ2n) is 8.12. The monoisotopic (exact) mass is 246 g/mol. The molecule has 0 aromatic rings. The van der Waals surface area contributed by atoms with Crippen molar-refractivity contribution in [3.63, 3.8) is 0 Å². The van der Waals surface area contributed by atoms with Crippen LogP contribution in [0.1, 0.15) is 12.8 Å². The van der Waals surface area contributed by atoms with Gasteiger partial charge in [-0.1, -0.05) is 0 Å². The molecule has 0 aliphatic heterocycles. The van der Waals surface area contributed by atoms with E-state index in [-0.39, 0.29) is 0 Å². The van der Waals surface area contributed by atoms with Crippen molar-refractivity contribution in [3.8, 4) is 0 Å². The largest absolute Gasteiger partial charge is 0.331 e. The van der Waals surface area contributed by atoms with Gasteiger partial charge in [0.2, 0.25) is 0 Å². The average Bonchev–Trinajstić information content (AvgIpc) is 1.96. The van der Waals surface area contributed by atoms with Crippen LogP contribution in [0.15, 0.2) is 0 Å². The fourth-order valence-corrected chi connectivity index (χ4v) is 2.06. The Morgan fingerprint density at radius 1 is 0.471 bits per heavy atom. The normalized spacial score (nSPS) is 14.1. The van der Waals surface area contributed by atoms with E-state index in [1.165, 1.54) is 43.5 Å². The molecule has 0 unspecified atom stereocenters. The van der Waals surface area contributed by atoms with E-state index in [0.29, 0.717) is 0 Å². The first-order valence-corrected chi connectivity index (χ1v) is 6.84. The van der Waals surface area contributed by atoms with Crippen molar-refractivity contribution in [1.82, 2.24) is 0 Å². The Hall–Kier alpha value is -0.120. The van der Waals surface area contributed by atoms with E-state index >= 15 is 0 Å². The van der Waals surface area contributed by atoms with Crippen LogP contribution in [0.2, 0.25) is 0 Å². The van der Waals surface area contributed by atoms with Crippen LogP contribution >= 0.6 is 0 Å². The van der Waals surface area contributed by atoms with E-state index < -0.39 is 0 Å². The molecule has 0 atom stereocenters. The van der Waals surface area contributed by atoms with Crippen LogP contribution in [0.4, 0.5) is 0 Å². The Morgan fingerprint density at radius 2 is 0.765 bits per heavy atom. The minimum atomic E-state index is 1.08. The van der Waals surface area contributed by atoms with Gasteiger partial charge in [0.05, 0.1) is 82.6 Å². The van der Waals surface area contributed by atoms with Gasteiger partial charge in [0, 0.05) is 12.8 Å². The summed E-state index contributed by atoms with van der Waals surface area (Å²) in [5, 5.41) is 0. The molecule has 0 spiro atoms. The molecule has 0 aromatic carbocycles. The van der Waals surface area contributed by atoms with Gasteiger partial charge >= 0.3 is 0 Å². The number of rotatable bonds is 8. The van der Waals surface area contributed by atoms with Crippen LogP contribution < -0.4 is 0 Å². The molecule has 0 aliphatic carbocycles. The maximum absolute atomic E-state index is 2.37. The predicted octanol–water partition coefficient (Wildman–Crippen LogP) is 1.26. The van der Waals surface area contributed by atoms with Crippen LogP contribution in [-0.4, -0.2) is 96.0 Å². The summed E-state index contributed by atoms with van der Waals surface area (Å²) in [6, 6.07) is 0. The lowest BCUT2D eigenvalue weighted by Crippen LogP contribution is -2.46. The van der Waals surface area contributed by atoms with Gasteiger partial charge < -0.3 is 13.4 Å². The Balaban J connectivity index is 3.81. The van der Waals surface area contributed by atoms with Gasteiger partial charge in [-0.15, -0.1) is 0 Å². The summed E-state index contributed by atoms with van der Waals surface area (Å²) in [5.41, 5.74) is 0. The van der Waals surface area contributed by atoms with Gasteiger partial charge in [-0.05, 0) is 0 Å². The lowest BCUT2D eigenvalue weighted by molar-refractivity contribution is -0.909. The SMILES string of the molecule is C[N+](C)(C)CCC[N+](C)(C)CCC[N+](C)(C)C. The summed E-state index contributed by atoms with van der Waals surface area (Å²) < 4.78 is 3.33. The number of quaternary nitrogens is 3. The Bertz CT molecular complexity index is 186. The van der Waals surface area contributed by atoms with Gasteiger partial charge in [0.25, 0.3) is 0 Å². The quantitative estimate of drug-likeness (QED) is 0.566. The van der Waals surface area contributed by atoms with Crippen molar-refractivity contribution in [3.05, 3.63) is 0 Å². The molecule has 0 N–H and O–H groups in total. The summed E-state index contributed by atoms with van der Waals surface area (Å²) in [5.74, 6) is 0. The van der Waals surface area contributed by atoms with Crippen molar-refractivity contribution in [2.45, 2.75) is 12.8 Å². The fourth-order valence-electron chi connectivity index (χ4n) is 2.06. The van der Waals surface area contributed by atoms with E-state index in [4.69, 9.17) is 0 Å². The predicted molar refractivity (Wildman–Crippen MR) is 76.9 cm³/mol. The lowest BCUT2D eigenvalue weighted by atomic mass is 10.2. The Labute approximate surface area is 109 Å². The molecule has 0 amide bonds. The van der Waals surface area contributed by atoms with Gasteiger partial charge in [-0.3, -0.25) is 0 Å². The molecule has 0 saturated heterocycles. The molecule has 3 nitrogen and oxygen atoms in total. The van der Waals surface area contributed by atoms with Crippen molar-refractivity contribution >= 4 is 0 Å². The minimum absolute atomic E-state index is 1.08. The number of hydrogen-bond acceptors (Lipinski definition) is 0. The van der Waals surface area contributed by atoms with E-state index in [1.54, 1.807) is 0 Å². The molecule has 0 saturated carbocycles. The number of nitrogens with zero attached hydrogens (tertiary/aromatic N) is 3. The van der Waals surface area contributed by atoms with E-state index in [2.05, 4.69) is 56.4 Å². The first kappa shape index (κ1) is 16.9. The smallest absolute Gasteiger partial charge is 0.0836 e. The zero-order valence-corrected chi connectivity index (χ0v) is 13.6. The molecule has 17 heavy (non-hydrogen) atoms. The molecular weight excluding hydrogens is 210 g/mol. The zero-order chi connectivity index (χ0) is 13.7. The van der Waals surface area contributed by atoms with Crippen molar-refractivity contribution < 1.29 is 13.4 Å². The van der Waals surface area contributed by atoms with Crippen LogP contribution in [0.25, 0.3) is 0 Å². The van der Waals surface area contributed by atoms with E-state index in [0.717, 1.165) is 8.97 Å². The fraction of sp³-hybridized carbons (Fsp3) is 1.00. The number of hydrogen-bond donors (Lipinski definition) is 0. The first-order valence-electron chi connectivity index (χ1n) is 6.84. The molecule has 0 rings (SSSR count). The third kappa shape index (κ3) is 12.1. The third-order valence-electron chi connectivity index (χ3n) is 3.18. The molecule has 0 aromatic heterocycles. The maximum Gasteiger partial charge on any atom is 0.0836 e. The topological polar surface area (TPSA) is 0 Å². The summed E-state index contributed by atoms with van der Waals surface area (Å²) >= 11 is 0. The summed E-state index contributed by atoms with van der Waals surface area (Å²) in [7, 11) is 18.4. The molecule has 104 valence electrons. The van der Waals surface area contributed by atoms with Gasteiger partial charge in [0.1, 0.15) is 0 Å². The highest BCUT2D eigenvalue weighted by Gasteiger charge is 2.18. The molecule has 0 bridgehead atoms. The zero-order valence-electron chi connectivity index (χ0n) is 13.6. The van der Waals surface area contributed by atoms with Gasteiger partial charge in [-0.25, -0.2) is 0 Å². The van der Waals surface area contributed by atoms with Gasteiger partial charge in [-0.2, -0.15) is 0 Å². The minimum Gasteiger partial charge on any atom is -0.331 e.